The molecule has 5 saturated heterocycles. The predicted molar refractivity (Wildman–Crippen MR) is 225 cm³/mol. The number of ether oxygens (including phenoxy) is 10. The zero-order chi connectivity index (χ0) is 47.5. The number of aliphatic hydroxyl groups excluding tert-OH is 8. The summed E-state index contributed by atoms with van der Waals surface area (Å²) in [6.45, 7) is 8.93. The maximum atomic E-state index is 13.8. The Morgan fingerprint density at radius 1 is 0.646 bits per heavy atom. The van der Waals surface area contributed by atoms with E-state index in [4.69, 9.17) is 47.4 Å². The molecule has 20 heteroatoms. The zero-order valence-electron chi connectivity index (χ0n) is 38.6. The van der Waals surface area contributed by atoms with Crippen LogP contribution in [0.4, 0.5) is 0 Å². The van der Waals surface area contributed by atoms with E-state index in [2.05, 4.69) is 6.92 Å². The van der Waals surface area contributed by atoms with Crippen LogP contribution < -0.4 is 0 Å². The molecule has 21 atom stereocenters. The molecule has 65 heavy (non-hydrogen) atoms. The number of hydrogen-bond donors (Lipinski definition) is 8. The van der Waals surface area contributed by atoms with E-state index >= 15 is 0 Å². The van der Waals surface area contributed by atoms with Crippen molar-refractivity contribution < 1.29 is 97.8 Å². The summed E-state index contributed by atoms with van der Waals surface area (Å²) >= 11 is 0. The van der Waals surface area contributed by atoms with Crippen LogP contribution in [0.3, 0.4) is 0 Å². The Labute approximate surface area is 381 Å². The molecule has 2 bridgehead atoms. The van der Waals surface area contributed by atoms with Crippen LogP contribution in [-0.4, -0.2) is 188 Å². The van der Waals surface area contributed by atoms with Crippen molar-refractivity contribution in [2.45, 2.75) is 254 Å². The predicted octanol–water partition coefficient (Wildman–Crippen LogP) is 0.900. The van der Waals surface area contributed by atoms with E-state index in [1.165, 1.54) is 26.8 Å². The first-order valence-corrected chi connectivity index (χ1v) is 23.6. The lowest BCUT2D eigenvalue weighted by molar-refractivity contribution is -0.398. The second-order valence-corrected chi connectivity index (χ2v) is 18.2. The van der Waals surface area contributed by atoms with Gasteiger partial charge in [0.25, 0.3) is 0 Å². The smallest absolute Gasteiger partial charge is 0.333 e. The third kappa shape index (κ3) is 13.9. The molecule has 376 valence electrons. The third-order valence-electron chi connectivity index (χ3n) is 13.1. The highest BCUT2D eigenvalue weighted by molar-refractivity contribution is 5.87. The molecule has 0 spiro atoms. The van der Waals surface area contributed by atoms with E-state index < -0.39 is 141 Å². The van der Waals surface area contributed by atoms with Gasteiger partial charge in [-0.15, -0.1) is 0 Å². The average Bonchev–Trinajstić information content (AvgIpc) is 3.28. The SMILES string of the molecule is C/C=C(\C)C(=O)O[C@H]1[C@@H]2O[C@H]3[C@H](O[C@H]4[C@H](O[C@H](CCCCC)CCCCCCCCCC(=O)O[C@@H]1[C@@H](O[C@@H]1O[C@H](C)[C@@H](O)[C@H](O)[C@H]1O)[C@H](C)O2)O[C@H](C)[C@@H](O)[C@@H]4O)O[C@H](CO)[C@@H](O)[C@@H]3O. The van der Waals surface area contributed by atoms with Gasteiger partial charge in [-0.05, 0) is 53.9 Å². The van der Waals surface area contributed by atoms with Crippen LogP contribution in [0.5, 0.6) is 0 Å². The maximum Gasteiger partial charge on any atom is 0.333 e. The minimum Gasteiger partial charge on any atom is -0.455 e. The number of carbonyl (C=O) groups is 2. The highest BCUT2D eigenvalue weighted by Gasteiger charge is 2.57. The van der Waals surface area contributed by atoms with Crippen LogP contribution in [-0.2, 0) is 57.0 Å². The Morgan fingerprint density at radius 2 is 1.23 bits per heavy atom. The molecular formula is C45H76O20. The molecule has 20 nitrogen and oxygen atoms in total. The lowest BCUT2D eigenvalue weighted by Gasteiger charge is -2.50. The van der Waals surface area contributed by atoms with E-state index in [0.29, 0.717) is 19.3 Å². The summed E-state index contributed by atoms with van der Waals surface area (Å²) in [7, 11) is 0. The Kier molecular flexibility index (Phi) is 21.3. The zero-order valence-corrected chi connectivity index (χ0v) is 38.6. The number of carbonyl (C=O) groups excluding carboxylic acids is 2. The summed E-state index contributed by atoms with van der Waals surface area (Å²) in [5, 5.41) is 87.8. The number of fused-ring (bicyclic) bond motifs is 4. The van der Waals surface area contributed by atoms with Crippen LogP contribution in [0, 0.1) is 0 Å². The molecule has 0 unspecified atom stereocenters. The molecule has 0 radical (unpaired) electrons. The number of rotatable bonds is 9. The first kappa shape index (κ1) is 54.0. The Bertz CT molecular complexity index is 1490. The van der Waals surface area contributed by atoms with Crippen LogP contribution in [0.15, 0.2) is 11.6 Å². The molecule has 5 aliphatic heterocycles. The van der Waals surface area contributed by atoms with Crippen LogP contribution in [0.1, 0.15) is 125 Å². The molecule has 0 amide bonds. The normalized spacial score (nSPS) is 44.6. The van der Waals surface area contributed by atoms with Crippen molar-refractivity contribution in [1.82, 2.24) is 0 Å². The van der Waals surface area contributed by atoms with Crippen molar-refractivity contribution in [3.8, 4) is 0 Å². The molecule has 0 aromatic heterocycles. The molecule has 5 rings (SSSR count). The fraction of sp³-hybridized carbons (Fsp3) is 0.911. The van der Waals surface area contributed by atoms with E-state index in [0.717, 1.165) is 57.8 Å². The van der Waals surface area contributed by atoms with Gasteiger partial charge in [0.2, 0.25) is 0 Å². The fourth-order valence-electron chi connectivity index (χ4n) is 8.85. The Hall–Kier alpha value is -1.96. The molecule has 0 aromatic rings. The van der Waals surface area contributed by atoms with Gasteiger partial charge in [0.1, 0.15) is 67.1 Å². The quantitative estimate of drug-likeness (QED) is 0.0905. The topological polar surface area (TPSA) is 288 Å². The molecule has 0 saturated carbocycles. The number of esters is 2. The van der Waals surface area contributed by atoms with Gasteiger partial charge in [0.05, 0.1) is 31.0 Å². The van der Waals surface area contributed by atoms with E-state index in [-0.39, 0.29) is 18.1 Å². The molecule has 5 heterocycles. The fourth-order valence-corrected chi connectivity index (χ4v) is 8.85. The summed E-state index contributed by atoms with van der Waals surface area (Å²) in [5.74, 6) is -1.58. The monoisotopic (exact) mass is 936 g/mol. The van der Waals surface area contributed by atoms with Gasteiger partial charge in [0.15, 0.2) is 37.4 Å². The summed E-state index contributed by atoms with van der Waals surface area (Å²) in [4.78, 5) is 27.4. The molecule has 8 N–H and O–H groups in total. The number of hydrogen-bond acceptors (Lipinski definition) is 20. The Morgan fingerprint density at radius 3 is 1.89 bits per heavy atom. The van der Waals surface area contributed by atoms with Gasteiger partial charge in [0, 0.05) is 12.0 Å². The summed E-state index contributed by atoms with van der Waals surface area (Å²) in [6.07, 6.45) is -19.6. The number of unbranched alkanes of at least 4 members (excludes halogenated alkanes) is 2. The summed E-state index contributed by atoms with van der Waals surface area (Å²) in [5.41, 5.74) is 0.136. The van der Waals surface area contributed by atoms with Crippen LogP contribution in [0.25, 0.3) is 0 Å². The van der Waals surface area contributed by atoms with E-state index in [1.807, 2.05) is 0 Å². The first-order chi connectivity index (χ1) is 31.0. The average molecular weight is 937 g/mol. The molecule has 0 aliphatic carbocycles. The van der Waals surface area contributed by atoms with Crippen molar-refractivity contribution in [2.75, 3.05) is 6.61 Å². The highest BCUT2D eigenvalue weighted by atomic mass is 16.8. The number of allylic oxidation sites excluding steroid dienone is 1. The lowest BCUT2D eigenvalue weighted by atomic mass is 9.95. The second-order valence-electron chi connectivity index (χ2n) is 18.2. The minimum atomic E-state index is -1.91. The third-order valence-corrected chi connectivity index (χ3v) is 13.1. The van der Waals surface area contributed by atoms with Crippen molar-refractivity contribution in [1.29, 1.82) is 0 Å². The van der Waals surface area contributed by atoms with Gasteiger partial charge in [-0.1, -0.05) is 70.8 Å². The Balaban J connectivity index is 1.56. The van der Waals surface area contributed by atoms with Crippen molar-refractivity contribution in [2.24, 2.45) is 0 Å². The standard InChI is InChI=1S/C45H76O20/c1-7-9-15-18-26-19-16-13-11-10-12-14-17-20-28(47)61-39-36(63-42-35(54)32(51)29(48)23(4)56-42)25(6)58-45(40(39)62-41(55)22(3)8-2)65-38-34(53)31(50)27(21-46)60-44(38)64-37-33(52)30(49)24(5)57-43(37)59-26/h8,23-27,29-40,42-46,48-54H,7,9-21H2,1-6H3/b22-8+/t23-,24-,25+,26-,27-,29-,30-,31-,32+,33+,34+,35-,36+,37-,38-,39-,40-,42+,43+,44+,45+/m1/s1. The summed E-state index contributed by atoms with van der Waals surface area (Å²) < 4.78 is 61.9. The van der Waals surface area contributed by atoms with E-state index in [9.17, 15) is 50.4 Å². The summed E-state index contributed by atoms with van der Waals surface area (Å²) in [6, 6.07) is 0. The first-order valence-electron chi connectivity index (χ1n) is 23.6. The highest BCUT2D eigenvalue weighted by Crippen LogP contribution is 2.37. The molecule has 5 fully saturated rings. The van der Waals surface area contributed by atoms with Crippen LogP contribution in [0.2, 0.25) is 0 Å². The van der Waals surface area contributed by atoms with Gasteiger partial charge in [-0.25, -0.2) is 4.79 Å². The number of aliphatic hydroxyl groups is 8. The van der Waals surface area contributed by atoms with Gasteiger partial charge < -0.3 is 88.2 Å². The van der Waals surface area contributed by atoms with Crippen LogP contribution >= 0.6 is 0 Å². The largest absolute Gasteiger partial charge is 0.455 e. The second kappa shape index (κ2) is 25.6. The minimum absolute atomic E-state index is 0.0307. The van der Waals surface area contributed by atoms with E-state index in [1.54, 1.807) is 13.8 Å². The van der Waals surface area contributed by atoms with Gasteiger partial charge in [-0.3, -0.25) is 4.79 Å². The lowest BCUT2D eigenvalue weighted by Crippen LogP contribution is -2.67. The molecule has 0 aromatic carbocycles. The molecule has 5 aliphatic rings. The van der Waals surface area contributed by atoms with Crippen molar-refractivity contribution >= 4 is 11.9 Å². The molecular weight excluding hydrogens is 860 g/mol. The van der Waals surface area contributed by atoms with Gasteiger partial charge in [-0.2, -0.15) is 0 Å². The van der Waals surface area contributed by atoms with Crippen molar-refractivity contribution in [3.63, 3.8) is 0 Å². The van der Waals surface area contributed by atoms with Crippen molar-refractivity contribution in [3.05, 3.63) is 11.6 Å². The van der Waals surface area contributed by atoms with Gasteiger partial charge >= 0.3 is 11.9 Å². The maximum absolute atomic E-state index is 13.8.